The van der Waals surface area contributed by atoms with Gasteiger partial charge < -0.3 is 10.2 Å². The van der Waals surface area contributed by atoms with Gasteiger partial charge in [0.1, 0.15) is 0 Å². The first-order valence-corrected chi connectivity index (χ1v) is 6.62. The van der Waals surface area contributed by atoms with Crippen LogP contribution in [0.2, 0.25) is 0 Å². The minimum Gasteiger partial charge on any atom is -0.337 e. The molecule has 1 N–H and O–H groups in total. The van der Waals surface area contributed by atoms with Crippen molar-refractivity contribution in [1.29, 1.82) is 0 Å². The van der Waals surface area contributed by atoms with Crippen LogP contribution in [-0.4, -0.2) is 29.4 Å². The molecule has 0 spiro atoms. The van der Waals surface area contributed by atoms with Gasteiger partial charge in [0, 0.05) is 19.1 Å². The Balaban J connectivity index is 1.63. The van der Waals surface area contributed by atoms with Gasteiger partial charge in [0.05, 0.1) is 6.04 Å². The van der Waals surface area contributed by atoms with Gasteiger partial charge in [-0.1, -0.05) is 6.07 Å². The molecule has 2 fully saturated rings. The van der Waals surface area contributed by atoms with Crippen molar-refractivity contribution in [3.8, 4) is 0 Å². The molecule has 1 saturated carbocycles. The molecule has 102 valence electrons. The van der Waals surface area contributed by atoms with E-state index in [-0.39, 0.29) is 11.9 Å². The fraction of sp³-hybridized carbons (Fsp3) is 0.500. The second-order valence-corrected chi connectivity index (χ2v) is 5.29. The molecule has 1 heterocycles. The van der Waals surface area contributed by atoms with Gasteiger partial charge in [-0.05, 0) is 37.0 Å². The van der Waals surface area contributed by atoms with Gasteiger partial charge in [-0.3, -0.25) is 4.79 Å². The molecule has 5 heteroatoms. The van der Waals surface area contributed by atoms with Crippen LogP contribution in [0, 0.1) is 11.6 Å². The summed E-state index contributed by atoms with van der Waals surface area (Å²) in [5.74, 6) is -1.65. The molecule has 1 aliphatic heterocycles. The first-order valence-electron chi connectivity index (χ1n) is 6.62. The number of hydrogen-bond donors (Lipinski definition) is 1. The SMILES string of the molecule is O=C1C(NC2CC2)CCN1Cc1ccc(F)c(F)c1. The van der Waals surface area contributed by atoms with Crippen LogP contribution in [0.15, 0.2) is 18.2 Å². The van der Waals surface area contributed by atoms with Crippen LogP contribution in [0.1, 0.15) is 24.8 Å². The zero-order valence-corrected chi connectivity index (χ0v) is 10.5. The van der Waals surface area contributed by atoms with Gasteiger partial charge in [-0.15, -0.1) is 0 Å². The second kappa shape index (κ2) is 4.89. The Bertz CT molecular complexity index is 502. The van der Waals surface area contributed by atoms with Crippen molar-refractivity contribution in [2.24, 2.45) is 0 Å². The van der Waals surface area contributed by atoms with E-state index in [4.69, 9.17) is 0 Å². The molecule has 1 amide bonds. The van der Waals surface area contributed by atoms with E-state index in [2.05, 4.69) is 5.32 Å². The maximum atomic E-state index is 13.1. The van der Waals surface area contributed by atoms with Crippen molar-refractivity contribution in [3.05, 3.63) is 35.4 Å². The smallest absolute Gasteiger partial charge is 0.240 e. The number of hydrogen-bond acceptors (Lipinski definition) is 2. The second-order valence-electron chi connectivity index (χ2n) is 5.29. The van der Waals surface area contributed by atoms with Gasteiger partial charge in [0.2, 0.25) is 5.91 Å². The van der Waals surface area contributed by atoms with Crippen LogP contribution >= 0.6 is 0 Å². The lowest BCUT2D eigenvalue weighted by Gasteiger charge is -2.17. The normalized spacial score (nSPS) is 23.2. The molecule has 3 nitrogen and oxygen atoms in total. The lowest BCUT2D eigenvalue weighted by molar-refractivity contribution is -0.130. The summed E-state index contributed by atoms with van der Waals surface area (Å²) in [6, 6.07) is 4.18. The van der Waals surface area contributed by atoms with E-state index in [0.717, 1.165) is 31.4 Å². The summed E-state index contributed by atoms with van der Waals surface area (Å²) in [5.41, 5.74) is 0.624. The van der Waals surface area contributed by atoms with Crippen LogP contribution in [-0.2, 0) is 11.3 Å². The van der Waals surface area contributed by atoms with Crippen molar-refractivity contribution >= 4 is 5.91 Å². The molecule has 0 bridgehead atoms. The summed E-state index contributed by atoms with van der Waals surface area (Å²) in [4.78, 5) is 13.8. The van der Waals surface area contributed by atoms with E-state index >= 15 is 0 Å². The van der Waals surface area contributed by atoms with Crippen molar-refractivity contribution < 1.29 is 13.6 Å². The third-order valence-electron chi connectivity index (χ3n) is 3.67. The summed E-state index contributed by atoms with van der Waals surface area (Å²) in [5, 5.41) is 3.31. The molecule has 3 rings (SSSR count). The number of nitrogens with zero attached hydrogens (tertiary/aromatic N) is 1. The fourth-order valence-corrected chi connectivity index (χ4v) is 2.44. The van der Waals surface area contributed by atoms with Crippen molar-refractivity contribution in [2.45, 2.75) is 37.9 Å². The average molecular weight is 266 g/mol. The van der Waals surface area contributed by atoms with Gasteiger partial charge >= 0.3 is 0 Å². The highest BCUT2D eigenvalue weighted by atomic mass is 19.2. The largest absolute Gasteiger partial charge is 0.337 e. The highest BCUT2D eigenvalue weighted by Gasteiger charge is 2.35. The quantitative estimate of drug-likeness (QED) is 0.901. The van der Waals surface area contributed by atoms with Crippen LogP contribution in [0.3, 0.4) is 0 Å². The lowest BCUT2D eigenvalue weighted by atomic mass is 10.2. The van der Waals surface area contributed by atoms with E-state index in [9.17, 15) is 13.6 Å². The van der Waals surface area contributed by atoms with Gasteiger partial charge in [-0.2, -0.15) is 0 Å². The number of likely N-dealkylation sites (tertiary alicyclic amines) is 1. The summed E-state index contributed by atoms with van der Waals surface area (Å²) in [7, 11) is 0. The number of carbonyl (C=O) groups is 1. The van der Waals surface area contributed by atoms with Crippen molar-refractivity contribution in [2.75, 3.05) is 6.54 Å². The molecular formula is C14H16F2N2O. The summed E-state index contributed by atoms with van der Waals surface area (Å²) in [6.07, 6.45) is 3.08. The lowest BCUT2D eigenvalue weighted by Crippen LogP contribution is -2.39. The fourth-order valence-electron chi connectivity index (χ4n) is 2.44. The Morgan fingerprint density at radius 3 is 2.68 bits per heavy atom. The van der Waals surface area contributed by atoms with Crippen LogP contribution in [0.25, 0.3) is 0 Å². The molecule has 1 aliphatic carbocycles. The Labute approximate surface area is 110 Å². The number of rotatable bonds is 4. The zero-order valence-electron chi connectivity index (χ0n) is 10.5. The van der Waals surface area contributed by atoms with Crippen LogP contribution in [0.4, 0.5) is 8.78 Å². The number of benzene rings is 1. The van der Waals surface area contributed by atoms with Gasteiger partial charge in [0.25, 0.3) is 0 Å². The minimum atomic E-state index is -0.864. The average Bonchev–Trinajstić information content (AvgIpc) is 3.14. The Hall–Kier alpha value is -1.49. The topological polar surface area (TPSA) is 32.3 Å². The molecule has 0 aromatic heterocycles. The third kappa shape index (κ3) is 2.76. The molecular weight excluding hydrogens is 250 g/mol. The van der Waals surface area contributed by atoms with E-state index in [1.54, 1.807) is 4.90 Å². The Morgan fingerprint density at radius 2 is 2.00 bits per heavy atom. The van der Waals surface area contributed by atoms with Crippen LogP contribution < -0.4 is 5.32 Å². The molecule has 0 radical (unpaired) electrons. The first-order chi connectivity index (χ1) is 9.13. The van der Waals surface area contributed by atoms with Gasteiger partial charge in [-0.25, -0.2) is 8.78 Å². The van der Waals surface area contributed by atoms with E-state index in [1.165, 1.54) is 6.07 Å². The predicted molar refractivity (Wildman–Crippen MR) is 66.3 cm³/mol. The van der Waals surface area contributed by atoms with Crippen molar-refractivity contribution in [3.63, 3.8) is 0 Å². The number of nitrogens with one attached hydrogen (secondary N) is 1. The molecule has 1 unspecified atom stereocenters. The highest BCUT2D eigenvalue weighted by molar-refractivity contribution is 5.84. The molecule has 1 aromatic carbocycles. The molecule has 1 atom stereocenters. The predicted octanol–water partition coefficient (Wildman–Crippen LogP) is 1.82. The number of carbonyl (C=O) groups excluding carboxylic acids is 1. The molecule has 1 aromatic rings. The number of amides is 1. The Morgan fingerprint density at radius 1 is 1.21 bits per heavy atom. The third-order valence-corrected chi connectivity index (χ3v) is 3.67. The first kappa shape index (κ1) is 12.5. The van der Waals surface area contributed by atoms with Gasteiger partial charge in [0.15, 0.2) is 11.6 Å². The summed E-state index contributed by atoms with van der Waals surface area (Å²) >= 11 is 0. The molecule has 1 saturated heterocycles. The van der Waals surface area contributed by atoms with E-state index in [0.29, 0.717) is 24.7 Å². The van der Waals surface area contributed by atoms with E-state index in [1.807, 2.05) is 0 Å². The minimum absolute atomic E-state index is 0.0663. The summed E-state index contributed by atoms with van der Waals surface area (Å²) < 4.78 is 26.0. The maximum absolute atomic E-state index is 13.1. The molecule has 19 heavy (non-hydrogen) atoms. The monoisotopic (exact) mass is 266 g/mol. The van der Waals surface area contributed by atoms with Crippen molar-refractivity contribution in [1.82, 2.24) is 10.2 Å². The Kier molecular flexibility index (Phi) is 3.22. The zero-order chi connectivity index (χ0) is 13.4. The van der Waals surface area contributed by atoms with Crippen LogP contribution in [0.5, 0.6) is 0 Å². The molecule has 2 aliphatic rings. The maximum Gasteiger partial charge on any atom is 0.240 e. The standard InChI is InChI=1S/C14H16F2N2O/c15-11-4-1-9(7-12(11)16)8-18-6-5-13(14(18)19)17-10-2-3-10/h1,4,7,10,13,17H,2-3,5-6,8H2. The highest BCUT2D eigenvalue weighted by Crippen LogP contribution is 2.23. The summed E-state index contributed by atoms with van der Waals surface area (Å²) in [6.45, 7) is 1.01. The van der Waals surface area contributed by atoms with E-state index < -0.39 is 11.6 Å². The number of halogens is 2.